The van der Waals surface area contributed by atoms with E-state index in [-0.39, 0.29) is 17.8 Å². The highest BCUT2D eigenvalue weighted by molar-refractivity contribution is 5.98. The Balaban J connectivity index is 1.71. The van der Waals surface area contributed by atoms with Crippen molar-refractivity contribution >= 4 is 22.8 Å². The van der Waals surface area contributed by atoms with E-state index in [2.05, 4.69) is 16.4 Å². The van der Waals surface area contributed by atoms with Gasteiger partial charge in [0.2, 0.25) is 0 Å². The van der Waals surface area contributed by atoms with Crippen LogP contribution in [-0.4, -0.2) is 30.0 Å². The van der Waals surface area contributed by atoms with Crippen molar-refractivity contribution in [3.8, 4) is 6.07 Å². The monoisotopic (exact) mass is 355 g/mol. The standard InChI is InChI=1S/C20H25N3O3/c1-3-26-20(25)14(2)7-5-4-6-10-22-19(24)18-12-16-11-15(13-21)8-9-17(16)23-18/h8-9,11-12,14,23H,3-7,10H2,1-2H3,(H,22,24). The number of amides is 1. The number of aromatic nitrogens is 1. The Morgan fingerprint density at radius 3 is 2.81 bits per heavy atom. The van der Waals surface area contributed by atoms with Crippen LogP contribution in [0.3, 0.4) is 0 Å². The molecular weight excluding hydrogens is 330 g/mol. The molecule has 0 radical (unpaired) electrons. The normalized spacial score (nSPS) is 11.7. The van der Waals surface area contributed by atoms with Gasteiger partial charge in [-0.05, 0) is 44.0 Å². The average Bonchev–Trinajstić information content (AvgIpc) is 3.07. The maximum atomic E-state index is 12.2. The zero-order valence-corrected chi connectivity index (χ0v) is 15.3. The van der Waals surface area contributed by atoms with Crippen LogP contribution in [-0.2, 0) is 9.53 Å². The van der Waals surface area contributed by atoms with Gasteiger partial charge in [0.15, 0.2) is 0 Å². The van der Waals surface area contributed by atoms with E-state index in [4.69, 9.17) is 10.00 Å². The van der Waals surface area contributed by atoms with Crippen molar-refractivity contribution in [2.24, 2.45) is 5.92 Å². The molecular formula is C20H25N3O3. The molecule has 2 rings (SSSR count). The molecule has 1 amide bonds. The molecule has 0 aliphatic carbocycles. The summed E-state index contributed by atoms with van der Waals surface area (Å²) in [4.78, 5) is 26.8. The molecule has 1 atom stereocenters. The SMILES string of the molecule is CCOC(=O)C(C)CCCCCNC(=O)c1cc2cc(C#N)ccc2[nH]1. The second kappa shape index (κ2) is 9.62. The molecule has 1 aromatic heterocycles. The van der Waals surface area contributed by atoms with Crippen molar-refractivity contribution in [1.82, 2.24) is 10.3 Å². The Labute approximate surface area is 153 Å². The maximum absolute atomic E-state index is 12.2. The highest BCUT2D eigenvalue weighted by atomic mass is 16.5. The number of nitriles is 1. The highest BCUT2D eigenvalue weighted by Gasteiger charge is 2.13. The number of esters is 1. The first-order valence-corrected chi connectivity index (χ1v) is 9.02. The van der Waals surface area contributed by atoms with Crippen molar-refractivity contribution in [3.63, 3.8) is 0 Å². The third-order valence-corrected chi connectivity index (χ3v) is 4.28. The lowest BCUT2D eigenvalue weighted by Crippen LogP contribution is -2.24. The van der Waals surface area contributed by atoms with Gasteiger partial charge >= 0.3 is 5.97 Å². The fourth-order valence-electron chi connectivity index (χ4n) is 2.78. The number of benzene rings is 1. The predicted molar refractivity (Wildman–Crippen MR) is 99.6 cm³/mol. The fourth-order valence-corrected chi connectivity index (χ4v) is 2.78. The topological polar surface area (TPSA) is 95.0 Å². The van der Waals surface area contributed by atoms with Crippen LogP contribution in [0.15, 0.2) is 24.3 Å². The van der Waals surface area contributed by atoms with Crippen molar-refractivity contribution in [2.75, 3.05) is 13.2 Å². The molecule has 0 aliphatic heterocycles. The quantitative estimate of drug-likeness (QED) is 0.531. The molecule has 0 fully saturated rings. The zero-order chi connectivity index (χ0) is 18.9. The van der Waals surface area contributed by atoms with Gasteiger partial charge < -0.3 is 15.0 Å². The number of nitrogens with zero attached hydrogens (tertiary/aromatic N) is 1. The Morgan fingerprint density at radius 1 is 1.27 bits per heavy atom. The molecule has 26 heavy (non-hydrogen) atoms. The number of rotatable bonds is 9. The Bertz CT molecular complexity index is 804. The lowest BCUT2D eigenvalue weighted by molar-refractivity contribution is -0.147. The van der Waals surface area contributed by atoms with Crippen molar-refractivity contribution in [2.45, 2.75) is 39.5 Å². The highest BCUT2D eigenvalue weighted by Crippen LogP contribution is 2.17. The number of fused-ring (bicyclic) bond motifs is 1. The summed E-state index contributed by atoms with van der Waals surface area (Å²) in [6.45, 7) is 4.70. The summed E-state index contributed by atoms with van der Waals surface area (Å²) in [5, 5.41) is 12.7. The summed E-state index contributed by atoms with van der Waals surface area (Å²) in [6.07, 6.45) is 3.54. The summed E-state index contributed by atoms with van der Waals surface area (Å²) in [5.74, 6) is -0.368. The molecule has 0 saturated heterocycles. The first-order valence-electron chi connectivity index (χ1n) is 9.02. The third kappa shape index (κ3) is 5.35. The first kappa shape index (κ1) is 19.5. The summed E-state index contributed by atoms with van der Waals surface area (Å²) >= 11 is 0. The summed E-state index contributed by atoms with van der Waals surface area (Å²) in [7, 11) is 0. The number of aromatic amines is 1. The van der Waals surface area contributed by atoms with E-state index < -0.39 is 0 Å². The number of nitrogens with one attached hydrogen (secondary N) is 2. The number of carbonyl (C=O) groups is 2. The van der Waals surface area contributed by atoms with Gasteiger partial charge in [0.25, 0.3) is 5.91 Å². The lowest BCUT2D eigenvalue weighted by atomic mass is 10.0. The van der Waals surface area contributed by atoms with E-state index in [0.717, 1.165) is 36.6 Å². The van der Waals surface area contributed by atoms with Gasteiger partial charge in [-0.15, -0.1) is 0 Å². The molecule has 0 saturated carbocycles. The predicted octanol–water partition coefficient (Wildman–Crippen LogP) is 3.53. The van der Waals surface area contributed by atoms with Crippen LogP contribution in [0.5, 0.6) is 0 Å². The summed E-state index contributed by atoms with van der Waals surface area (Å²) < 4.78 is 4.98. The molecule has 0 aliphatic rings. The van der Waals surface area contributed by atoms with Gasteiger partial charge in [0.1, 0.15) is 5.69 Å². The summed E-state index contributed by atoms with van der Waals surface area (Å²) in [5.41, 5.74) is 1.90. The number of carbonyl (C=O) groups excluding carboxylic acids is 2. The van der Waals surface area contributed by atoms with Crippen LogP contribution in [0.2, 0.25) is 0 Å². The number of unbranched alkanes of at least 4 members (excludes halogenated alkanes) is 2. The molecule has 0 spiro atoms. The minimum atomic E-state index is -0.153. The van der Waals surface area contributed by atoms with Crippen molar-refractivity contribution < 1.29 is 14.3 Å². The third-order valence-electron chi connectivity index (χ3n) is 4.28. The maximum Gasteiger partial charge on any atom is 0.308 e. The molecule has 6 nitrogen and oxygen atoms in total. The van der Waals surface area contributed by atoms with Gasteiger partial charge in [-0.25, -0.2) is 0 Å². The number of hydrogen-bond acceptors (Lipinski definition) is 4. The smallest absolute Gasteiger partial charge is 0.308 e. The number of hydrogen-bond donors (Lipinski definition) is 2. The number of ether oxygens (including phenoxy) is 1. The minimum Gasteiger partial charge on any atom is -0.466 e. The molecule has 1 aromatic carbocycles. The van der Waals surface area contributed by atoms with E-state index in [9.17, 15) is 9.59 Å². The molecule has 2 N–H and O–H groups in total. The Morgan fingerprint density at radius 2 is 2.08 bits per heavy atom. The minimum absolute atomic E-state index is 0.0748. The van der Waals surface area contributed by atoms with E-state index in [1.54, 1.807) is 24.3 Å². The average molecular weight is 355 g/mol. The largest absolute Gasteiger partial charge is 0.466 e. The number of H-pyrrole nitrogens is 1. The van der Waals surface area contributed by atoms with Gasteiger partial charge in [-0.2, -0.15) is 5.26 Å². The lowest BCUT2D eigenvalue weighted by Gasteiger charge is -2.10. The van der Waals surface area contributed by atoms with Gasteiger partial charge in [0.05, 0.1) is 24.2 Å². The Hall–Kier alpha value is -2.81. The first-order chi connectivity index (χ1) is 12.5. The molecule has 138 valence electrons. The van der Waals surface area contributed by atoms with E-state index in [0.29, 0.717) is 24.4 Å². The van der Waals surface area contributed by atoms with E-state index in [1.807, 2.05) is 13.8 Å². The van der Waals surface area contributed by atoms with Gasteiger partial charge in [-0.3, -0.25) is 9.59 Å². The van der Waals surface area contributed by atoms with Crippen LogP contribution >= 0.6 is 0 Å². The molecule has 2 aromatic rings. The van der Waals surface area contributed by atoms with Crippen LogP contribution in [0.1, 0.15) is 55.6 Å². The molecule has 0 bridgehead atoms. The van der Waals surface area contributed by atoms with Crippen LogP contribution < -0.4 is 5.32 Å². The van der Waals surface area contributed by atoms with E-state index >= 15 is 0 Å². The van der Waals surface area contributed by atoms with Crippen molar-refractivity contribution in [3.05, 3.63) is 35.5 Å². The second-order valence-corrected chi connectivity index (χ2v) is 6.36. The molecule has 1 heterocycles. The van der Waals surface area contributed by atoms with Crippen LogP contribution in [0, 0.1) is 17.2 Å². The van der Waals surface area contributed by atoms with Crippen LogP contribution in [0.25, 0.3) is 10.9 Å². The molecule has 6 heteroatoms. The van der Waals surface area contributed by atoms with Crippen molar-refractivity contribution in [1.29, 1.82) is 5.26 Å². The van der Waals surface area contributed by atoms with E-state index in [1.165, 1.54) is 0 Å². The van der Waals surface area contributed by atoms with Gasteiger partial charge in [-0.1, -0.05) is 19.8 Å². The van der Waals surface area contributed by atoms with Gasteiger partial charge in [0, 0.05) is 17.4 Å². The molecule has 1 unspecified atom stereocenters. The summed E-state index contributed by atoms with van der Waals surface area (Å²) in [6, 6.07) is 9.12. The zero-order valence-electron chi connectivity index (χ0n) is 15.3. The Kier molecular flexibility index (Phi) is 7.22. The second-order valence-electron chi connectivity index (χ2n) is 6.36. The fraction of sp³-hybridized carbons (Fsp3) is 0.450. The van der Waals surface area contributed by atoms with Crippen LogP contribution in [0.4, 0.5) is 0 Å².